The van der Waals surface area contributed by atoms with E-state index < -0.39 is 0 Å². The third-order valence-electron chi connectivity index (χ3n) is 4.30. The van der Waals surface area contributed by atoms with Gasteiger partial charge in [0.1, 0.15) is 5.75 Å². The van der Waals surface area contributed by atoms with E-state index in [1.165, 1.54) is 5.56 Å². The average molecular weight is 335 g/mol. The molecule has 0 unspecified atom stereocenters. The minimum atomic E-state index is 0.910. The fourth-order valence-corrected chi connectivity index (χ4v) is 2.97. The molecule has 4 nitrogen and oxygen atoms in total. The molecule has 1 aliphatic rings. The predicted octanol–water partition coefficient (Wildman–Crippen LogP) is 3.91. The van der Waals surface area contributed by atoms with E-state index in [1.807, 2.05) is 36.5 Å². The molecule has 0 amide bonds. The summed E-state index contributed by atoms with van der Waals surface area (Å²) in [4.78, 5) is 2.36. The monoisotopic (exact) mass is 335 g/mol. The van der Waals surface area contributed by atoms with Crippen LogP contribution in [0.4, 0.5) is 5.69 Å². The van der Waals surface area contributed by atoms with Crippen molar-refractivity contribution in [3.63, 3.8) is 0 Å². The van der Waals surface area contributed by atoms with Crippen LogP contribution in [0.2, 0.25) is 0 Å². The molecular weight excluding hydrogens is 310 g/mol. The van der Waals surface area contributed by atoms with E-state index in [0.29, 0.717) is 0 Å². The third-order valence-corrected chi connectivity index (χ3v) is 4.30. The highest BCUT2D eigenvalue weighted by Gasteiger charge is 2.18. The minimum Gasteiger partial charge on any atom is -0.495 e. The zero-order chi connectivity index (χ0) is 17.5. The summed E-state index contributed by atoms with van der Waals surface area (Å²) in [5.74, 6) is 0.932. The molecule has 2 aromatic rings. The number of piperazine rings is 1. The maximum Gasteiger partial charge on any atom is 0.142 e. The number of allylic oxidation sites excluding steroid dienone is 1. The van der Waals surface area contributed by atoms with Crippen LogP contribution in [0.15, 0.2) is 65.3 Å². The average Bonchev–Trinajstić information content (AvgIpc) is 2.67. The van der Waals surface area contributed by atoms with Crippen LogP contribution in [0, 0.1) is 0 Å². The van der Waals surface area contributed by atoms with Gasteiger partial charge in [0.05, 0.1) is 25.9 Å². The van der Waals surface area contributed by atoms with Crippen molar-refractivity contribution in [3.05, 3.63) is 65.7 Å². The number of anilines is 1. The fourth-order valence-electron chi connectivity index (χ4n) is 2.97. The normalized spacial score (nSPS) is 15.7. The lowest BCUT2D eigenvalue weighted by atomic mass is 10.1. The molecule has 4 heteroatoms. The lowest BCUT2D eigenvalue weighted by molar-refractivity contribution is 0.271. The highest BCUT2D eigenvalue weighted by atomic mass is 16.5. The first-order valence-electron chi connectivity index (χ1n) is 8.66. The molecule has 0 spiro atoms. The number of para-hydroxylation sites is 2. The number of hydrogen-bond donors (Lipinski definition) is 0. The Labute approximate surface area is 150 Å². The van der Waals surface area contributed by atoms with Crippen molar-refractivity contribution in [1.29, 1.82) is 0 Å². The second kappa shape index (κ2) is 8.38. The van der Waals surface area contributed by atoms with Crippen LogP contribution < -0.4 is 9.64 Å². The highest BCUT2D eigenvalue weighted by molar-refractivity contribution is 5.84. The Morgan fingerprint density at radius 3 is 2.36 bits per heavy atom. The summed E-state index contributed by atoms with van der Waals surface area (Å²) in [7, 11) is 1.72. The standard InChI is InChI=1S/C21H25N3O/c1-18(16-19-8-4-3-5-9-19)17-22-24-14-12-23(13-15-24)20-10-6-7-11-21(20)25-2/h3-11,16-17H,12-15H2,1-2H3/b18-16-,22-17-. The van der Waals surface area contributed by atoms with E-state index in [-0.39, 0.29) is 0 Å². The van der Waals surface area contributed by atoms with Crippen LogP contribution >= 0.6 is 0 Å². The van der Waals surface area contributed by atoms with Gasteiger partial charge in [-0.25, -0.2) is 0 Å². The summed E-state index contributed by atoms with van der Waals surface area (Å²) in [5, 5.41) is 6.77. The molecule has 25 heavy (non-hydrogen) atoms. The first-order valence-corrected chi connectivity index (χ1v) is 8.66. The first kappa shape index (κ1) is 17.1. The van der Waals surface area contributed by atoms with Crippen molar-refractivity contribution in [2.75, 3.05) is 38.2 Å². The van der Waals surface area contributed by atoms with Crippen molar-refractivity contribution in [3.8, 4) is 5.75 Å². The number of rotatable bonds is 5. The molecule has 2 aromatic carbocycles. The van der Waals surface area contributed by atoms with Gasteiger partial charge in [0, 0.05) is 19.3 Å². The SMILES string of the molecule is COc1ccccc1N1CCN(/N=C\C(C)=C/c2ccccc2)CC1. The summed E-state index contributed by atoms with van der Waals surface area (Å²) in [6, 6.07) is 18.5. The van der Waals surface area contributed by atoms with Crippen molar-refractivity contribution in [2.24, 2.45) is 5.10 Å². The van der Waals surface area contributed by atoms with Crippen LogP contribution in [0.3, 0.4) is 0 Å². The molecule has 1 aliphatic heterocycles. The largest absolute Gasteiger partial charge is 0.495 e. The predicted molar refractivity (Wildman–Crippen MR) is 105 cm³/mol. The van der Waals surface area contributed by atoms with Gasteiger partial charge in [-0.3, -0.25) is 5.01 Å². The van der Waals surface area contributed by atoms with Gasteiger partial charge in [-0.2, -0.15) is 5.10 Å². The third kappa shape index (κ3) is 4.63. The Hall–Kier alpha value is -2.75. The molecule has 0 aromatic heterocycles. The second-order valence-corrected chi connectivity index (χ2v) is 6.16. The van der Waals surface area contributed by atoms with E-state index >= 15 is 0 Å². The molecule has 0 saturated carbocycles. The molecule has 0 atom stereocenters. The Morgan fingerprint density at radius 1 is 0.960 bits per heavy atom. The molecule has 0 N–H and O–H groups in total. The molecule has 0 bridgehead atoms. The minimum absolute atomic E-state index is 0.910. The van der Waals surface area contributed by atoms with Gasteiger partial charge in [0.25, 0.3) is 0 Å². The number of hydrogen-bond acceptors (Lipinski definition) is 4. The van der Waals surface area contributed by atoms with E-state index in [4.69, 9.17) is 4.74 Å². The van der Waals surface area contributed by atoms with Gasteiger partial charge in [0.15, 0.2) is 0 Å². The van der Waals surface area contributed by atoms with Gasteiger partial charge in [-0.05, 0) is 30.2 Å². The fraction of sp³-hybridized carbons (Fsp3) is 0.286. The van der Waals surface area contributed by atoms with Crippen LogP contribution in [-0.2, 0) is 0 Å². The Bertz CT molecular complexity index is 732. The molecule has 1 saturated heterocycles. The summed E-state index contributed by atoms with van der Waals surface area (Å²) in [5.41, 5.74) is 3.51. The maximum absolute atomic E-state index is 5.47. The smallest absolute Gasteiger partial charge is 0.142 e. The Morgan fingerprint density at radius 2 is 1.64 bits per heavy atom. The molecule has 1 heterocycles. The molecular formula is C21H25N3O. The summed E-state index contributed by atoms with van der Waals surface area (Å²) in [6.45, 7) is 5.79. The molecule has 1 fully saturated rings. The van der Waals surface area contributed by atoms with E-state index in [2.05, 4.69) is 52.3 Å². The lowest BCUT2D eigenvalue weighted by Gasteiger charge is -2.35. The highest BCUT2D eigenvalue weighted by Crippen LogP contribution is 2.28. The lowest BCUT2D eigenvalue weighted by Crippen LogP contribution is -2.44. The number of ether oxygens (including phenoxy) is 1. The first-order chi connectivity index (χ1) is 12.3. The van der Waals surface area contributed by atoms with Gasteiger partial charge >= 0.3 is 0 Å². The Balaban J connectivity index is 1.56. The van der Waals surface area contributed by atoms with E-state index in [1.54, 1.807) is 7.11 Å². The molecule has 3 rings (SSSR count). The van der Waals surface area contributed by atoms with Crippen molar-refractivity contribution in [1.82, 2.24) is 5.01 Å². The number of methoxy groups -OCH3 is 1. The summed E-state index contributed by atoms with van der Waals surface area (Å²) in [6.07, 6.45) is 4.10. The second-order valence-electron chi connectivity index (χ2n) is 6.16. The number of benzene rings is 2. The summed E-state index contributed by atoms with van der Waals surface area (Å²) >= 11 is 0. The molecule has 0 aliphatic carbocycles. The zero-order valence-electron chi connectivity index (χ0n) is 14.9. The van der Waals surface area contributed by atoms with Crippen LogP contribution in [0.1, 0.15) is 12.5 Å². The van der Waals surface area contributed by atoms with Gasteiger partial charge in [-0.1, -0.05) is 48.5 Å². The van der Waals surface area contributed by atoms with Gasteiger partial charge < -0.3 is 9.64 Å². The Kier molecular flexibility index (Phi) is 5.73. The topological polar surface area (TPSA) is 28.1 Å². The quantitative estimate of drug-likeness (QED) is 0.776. The zero-order valence-corrected chi connectivity index (χ0v) is 14.9. The summed E-state index contributed by atoms with van der Waals surface area (Å²) < 4.78 is 5.47. The van der Waals surface area contributed by atoms with E-state index in [0.717, 1.165) is 43.2 Å². The van der Waals surface area contributed by atoms with Crippen LogP contribution in [0.25, 0.3) is 6.08 Å². The number of hydrazone groups is 1. The van der Waals surface area contributed by atoms with Gasteiger partial charge in [-0.15, -0.1) is 0 Å². The van der Waals surface area contributed by atoms with Gasteiger partial charge in [0.2, 0.25) is 0 Å². The van der Waals surface area contributed by atoms with Crippen LogP contribution in [0.5, 0.6) is 5.75 Å². The van der Waals surface area contributed by atoms with Crippen LogP contribution in [-0.4, -0.2) is 44.5 Å². The molecule has 130 valence electrons. The number of nitrogens with zero attached hydrogens (tertiary/aromatic N) is 3. The van der Waals surface area contributed by atoms with E-state index in [9.17, 15) is 0 Å². The molecule has 0 radical (unpaired) electrons. The maximum atomic E-state index is 5.47. The van der Waals surface area contributed by atoms with Crippen molar-refractivity contribution >= 4 is 18.0 Å². The van der Waals surface area contributed by atoms with Crippen molar-refractivity contribution < 1.29 is 4.74 Å². The van der Waals surface area contributed by atoms with Crippen molar-refractivity contribution in [2.45, 2.75) is 6.92 Å².